The number of anilines is 1. The number of hydrogen-bond donors (Lipinski definition) is 2. The van der Waals surface area contributed by atoms with E-state index >= 15 is 0 Å². The minimum absolute atomic E-state index is 0.106. The molecule has 0 aliphatic carbocycles. The molecule has 0 aliphatic rings. The molecule has 0 atom stereocenters. The van der Waals surface area contributed by atoms with E-state index in [1.807, 2.05) is 0 Å². The minimum Gasteiger partial charge on any atom is -0.334 e. The van der Waals surface area contributed by atoms with E-state index in [9.17, 15) is 18.0 Å². The molecule has 0 radical (unpaired) electrons. The largest absolute Gasteiger partial charge is 0.416 e. The molecule has 2 aromatic carbocycles. The molecule has 0 bridgehead atoms. The molecule has 22 heavy (non-hydrogen) atoms. The van der Waals surface area contributed by atoms with Gasteiger partial charge in [0.2, 0.25) is 0 Å². The molecule has 2 rings (SSSR count). The van der Waals surface area contributed by atoms with Crippen molar-refractivity contribution >= 4 is 23.3 Å². The Balaban J connectivity index is 1.90. The van der Waals surface area contributed by atoms with E-state index in [-0.39, 0.29) is 6.54 Å². The molecule has 116 valence electrons. The van der Waals surface area contributed by atoms with Crippen molar-refractivity contribution in [3.8, 4) is 0 Å². The van der Waals surface area contributed by atoms with Crippen molar-refractivity contribution in [1.82, 2.24) is 5.32 Å². The van der Waals surface area contributed by atoms with Crippen LogP contribution in [0.25, 0.3) is 0 Å². The summed E-state index contributed by atoms with van der Waals surface area (Å²) in [7, 11) is 0. The zero-order valence-corrected chi connectivity index (χ0v) is 12.0. The number of amides is 2. The van der Waals surface area contributed by atoms with E-state index in [0.29, 0.717) is 16.3 Å². The second-order valence-corrected chi connectivity index (χ2v) is 4.89. The molecular formula is C15H12ClF3N2O. The third-order valence-corrected chi connectivity index (χ3v) is 3.19. The Morgan fingerprint density at radius 1 is 1.05 bits per heavy atom. The molecule has 7 heteroatoms. The zero-order valence-electron chi connectivity index (χ0n) is 11.2. The second-order valence-electron chi connectivity index (χ2n) is 4.48. The monoisotopic (exact) mass is 328 g/mol. The van der Waals surface area contributed by atoms with Crippen molar-refractivity contribution in [2.24, 2.45) is 0 Å². The third-order valence-electron chi connectivity index (χ3n) is 2.86. The quantitative estimate of drug-likeness (QED) is 0.844. The van der Waals surface area contributed by atoms with Gasteiger partial charge >= 0.3 is 12.2 Å². The van der Waals surface area contributed by atoms with Crippen molar-refractivity contribution in [3.05, 3.63) is 64.7 Å². The van der Waals surface area contributed by atoms with Crippen molar-refractivity contribution in [1.29, 1.82) is 0 Å². The standard InChI is InChI=1S/C15H12ClF3N2O/c16-12-3-1-2-4-13(12)21-14(22)20-9-10-5-7-11(8-6-10)15(17,18)19/h1-8H,9H2,(H2,20,21,22). The summed E-state index contributed by atoms with van der Waals surface area (Å²) in [4.78, 5) is 11.7. The van der Waals surface area contributed by atoms with Crippen molar-refractivity contribution < 1.29 is 18.0 Å². The summed E-state index contributed by atoms with van der Waals surface area (Å²) in [5.41, 5.74) is 0.285. The van der Waals surface area contributed by atoms with E-state index in [1.54, 1.807) is 24.3 Å². The van der Waals surface area contributed by atoms with Crippen LogP contribution in [0.2, 0.25) is 5.02 Å². The summed E-state index contributed by atoms with van der Waals surface area (Å²) in [6.07, 6.45) is -4.37. The van der Waals surface area contributed by atoms with Crippen LogP contribution in [0.15, 0.2) is 48.5 Å². The number of nitrogens with one attached hydrogen (secondary N) is 2. The van der Waals surface area contributed by atoms with E-state index in [2.05, 4.69) is 10.6 Å². The number of hydrogen-bond acceptors (Lipinski definition) is 1. The van der Waals surface area contributed by atoms with Crippen LogP contribution in [0, 0.1) is 0 Å². The van der Waals surface area contributed by atoms with E-state index in [1.165, 1.54) is 12.1 Å². The molecule has 0 saturated heterocycles. The summed E-state index contributed by atoms with van der Waals surface area (Å²) in [5.74, 6) is 0. The van der Waals surface area contributed by atoms with Gasteiger partial charge < -0.3 is 10.6 Å². The molecule has 0 aliphatic heterocycles. The van der Waals surface area contributed by atoms with Gasteiger partial charge in [-0.05, 0) is 29.8 Å². The first-order valence-corrected chi connectivity index (χ1v) is 6.69. The Kier molecular flexibility index (Phi) is 4.92. The highest BCUT2D eigenvalue weighted by Crippen LogP contribution is 2.29. The minimum atomic E-state index is -4.37. The predicted octanol–water partition coefficient (Wildman–Crippen LogP) is 4.68. The van der Waals surface area contributed by atoms with Gasteiger partial charge in [0.25, 0.3) is 0 Å². The van der Waals surface area contributed by atoms with Gasteiger partial charge in [-0.2, -0.15) is 13.2 Å². The van der Waals surface area contributed by atoms with Gasteiger partial charge in [-0.15, -0.1) is 0 Å². The zero-order chi connectivity index (χ0) is 16.2. The van der Waals surface area contributed by atoms with Crippen LogP contribution < -0.4 is 10.6 Å². The molecule has 0 fully saturated rings. The number of benzene rings is 2. The van der Waals surface area contributed by atoms with Crippen molar-refractivity contribution in [2.75, 3.05) is 5.32 Å². The average molecular weight is 329 g/mol. The summed E-state index contributed by atoms with van der Waals surface area (Å²) >= 11 is 5.90. The molecule has 3 nitrogen and oxygen atoms in total. The van der Waals surface area contributed by atoms with Gasteiger partial charge in [0.05, 0.1) is 16.3 Å². The van der Waals surface area contributed by atoms with Crippen LogP contribution in [-0.4, -0.2) is 6.03 Å². The van der Waals surface area contributed by atoms with E-state index in [0.717, 1.165) is 12.1 Å². The number of carbonyl (C=O) groups is 1. The third kappa shape index (κ3) is 4.39. The Morgan fingerprint density at radius 3 is 2.27 bits per heavy atom. The second kappa shape index (κ2) is 6.70. The summed E-state index contributed by atoms with van der Waals surface area (Å²) in [6, 6.07) is 10.8. The molecular weight excluding hydrogens is 317 g/mol. The Labute approximate surface area is 130 Å². The lowest BCUT2D eigenvalue weighted by Gasteiger charge is -2.10. The molecule has 2 amide bonds. The van der Waals surface area contributed by atoms with E-state index < -0.39 is 17.8 Å². The molecule has 2 N–H and O–H groups in total. The summed E-state index contributed by atoms with van der Waals surface area (Å²) in [6.45, 7) is 0.106. The molecule has 0 saturated carbocycles. The first-order valence-electron chi connectivity index (χ1n) is 6.32. The lowest BCUT2D eigenvalue weighted by molar-refractivity contribution is -0.137. The number of halogens is 4. The maximum Gasteiger partial charge on any atom is 0.416 e. The maximum absolute atomic E-state index is 12.4. The van der Waals surface area contributed by atoms with Crippen molar-refractivity contribution in [2.45, 2.75) is 12.7 Å². The SMILES string of the molecule is O=C(NCc1ccc(C(F)(F)F)cc1)Nc1ccccc1Cl. The van der Waals surface area contributed by atoms with Crippen molar-refractivity contribution in [3.63, 3.8) is 0 Å². The fourth-order valence-corrected chi connectivity index (χ4v) is 1.91. The fourth-order valence-electron chi connectivity index (χ4n) is 1.72. The number of alkyl halides is 3. The van der Waals surface area contributed by atoms with Gasteiger partial charge in [0.15, 0.2) is 0 Å². The number of para-hydroxylation sites is 1. The number of rotatable bonds is 3. The van der Waals surface area contributed by atoms with Gasteiger partial charge in [0.1, 0.15) is 0 Å². The Morgan fingerprint density at radius 2 is 1.68 bits per heavy atom. The highest BCUT2D eigenvalue weighted by Gasteiger charge is 2.29. The lowest BCUT2D eigenvalue weighted by atomic mass is 10.1. The number of urea groups is 1. The van der Waals surface area contributed by atoms with Crippen LogP contribution in [0.1, 0.15) is 11.1 Å². The smallest absolute Gasteiger partial charge is 0.334 e. The van der Waals surface area contributed by atoms with Gasteiger partial charge in [-0.25, -0.2) is 4.79 Å². The highest BCUT2D eigenvalue weighted by molar-refractivity contribution is 6.33. The molecule has 0 heterocycles. The Bertz CT molecular complexity index is 657. The average Bonchev–Trinajstić information content (AvgIpc) is 2.47. The number of carbonyl (C=O) groups excluding carboxylic acids is 1. The predicted molar refractivity (Wildman–Crippen MR) is 78.8 cm³/mol. The molecule has 0 aromatic heterocycles. The van der Waals surface area contributed by atoms with Crippen LogP contribution in [0.3, 0.4) is 0 Å². The molecule has 0 unspecified atom stereocenters. The summed E-state index contributed by atoms with van der Waals surface area (Å²) in [5, 5.41) is 5.49. The van der Waals surface area contributed by atoms with Gasteiger partial charge in [-0.1, -0.05) is 35.9 Å². The van der Waals surface area contributed by atoms with Crippen LogP contribution in [0.4, 0.5) is 23.7 Å². The Hall–Kier alpha value is -2.21. The highest BCUT2D eigenvalue weighted by atomic mass is 35.5. The first-order chi connectivity index (χ1) is 10.4. The lowest BCUT2D eigenvalue weighted by Crippen LogP contribution is -2.28. The van der Waals surface area contributed by atoms with Crippen LogP contribution in [0.5, 0.6) is 0 Å². The summed E-state index contributed by atoms with van der Waals surface area (Å²) < 4.78 is 37.3. The first kappa shape index (κ1) is 16.2. The normalized spacial score (nSPS) is 11.1. The van der Waals surface area contributed by atoms with E-state index in [4.69, 9.17) is 11.6 Å². The maximum atomic E-state index is 12.4. The van der Waals surface area contributed by atoms with Crippen LogP contribution in [-0.2, 0) is 12.7 Å². The van der Waals surface area contributed by atoms with Gasteiger partial charge in [0, 0.05) is 6.54 Å². The molecule has 0 spiro atoms. The molecule has 2 aromatic rings. The topological polar surface area (TPSA) is 41.1 Å². The van der Waals surface area contributed by atoms with Crippen LogP contribution >= 0.6 is 11.6 Å². The fraction of sp³-hybridized carbons (Fsp3) is 0.133. The van der Waals surface area contributed by atoms with Gasteiger partial charge in [-0.3, -0.25) is 0 Å².